The third-order valence-corrected chi connectivity index (χ3v) is 3.66. The highest BCUT2D eigenvalue weighted by Crippen LogP contribution is 2.32. The zero-order chi connectivity index (χ0) is 17.1. The molecule has 9 nitrogen and oxygen atoms in total. The van der Waals surface area contributed by atoms with Gasteiger partial charge in [0.2, 0.25) is 11.8 Å². The summed E-state index contributed by atoms with van der Waals surface area (Å²) in [5, 5.41) is 16.5. The molecule has 0 unspecified atom stereocenters. The van der Waals surface area contributed by atoms with Crippen LogP contribution in [-0.2, 0) is 0 Å². The first-order valence-corrected chi connectivity index (χ1v) is 7.72. The molecular formula is C15H19N5O4. The van der Waals surface area contributed by atoms with Crippen molar-refractivity contribution in [1.82, 2.24) is 20.0 Å². The van der Waals surface area contributed by atoms with Gasteiger partial charge in [0.15, 0.2) is 5.82 Å². The Morgan fingerprint density at radius 1 is 1.58 bits per heavy atom. The van der Waals surface area contributed by atoms with E-state index in [1.165, 1.54) is 4.90 Å². The van der Waals surface area contributed by atoms with Crippen molar-refractivity contribution in [3.05, 3.63) is 30.0 Å². The summed E-state index contributed by atoms with van der Waals surface area (Å²) in [6.07, 6.45) is 1.29. The molecule has 2 atom stereocenters. The Morgan fingerprint density at radius 3 is 3.12 bits per heavy atom. The Bertz CT molecular complexity index is 719. The van der Waals surface area contributed by atoms with E-state index in [0.29, 0.717) is 36.3 Å². The number of hydrogen-bond acceptors (Lipinski definition) is 7. The zero-order valence-electron chi connectivity index (χ0n) is 13.5. The summed E-state index contributed by atoms with van der Waals surface area (Å²) in [5.41, 5.74) is 0.464. The number of ether oxygens (including phenoxy) is 1. The molecule has 3 heterocycles. The minimum atomic E-state index is -0.645. The van der Waals surface area contributed by atoms with Crippen molar-refractivity contribution >= 4 is 11.7 Å². The standard InChI is InChI=1S/C15H19N5O4/c1-3-23-13-11(5-4-6-16-13)18-15(22)20-8-10(21)7-12(20)14-17-9(2)19-24-14/h4-6,10,12,21H,3,7-8H2,1-2H3,(H,18,22)/t10-,12-/m1/s1. The average Bonchev–Trinajstić information content (AvgIpc) is 3.15. The van der Waals surface area contributed by atoms with Crippen LogP contribution in [0, 0.1) is 6.92 Å². The van der Waals surface area contributed by atoms with Crippen LogP contribution in [0.25, 0.3) is 0 Å². The molecule has 1 saturated heterocycles. The largest absolute Gasteiger partial charge is 0.476 e. The van der Waals surface area contributed by atoms with Gasteiger partial charge in [0, 0.05) is 19.2 Å². The molecule has 3 rings (SSSR count). The van der Waals surface area contributed by atoms with Crippen molar-refractivity contribution in [1.29, 1.82) is 0 Å². The number of nitrogens with one attached hydrogen (secondary N) is 1. The number of aliphatic hydroxyl groups excluding tert-OH is 1. The first-order valence-electron chi connectivity index (χ1n) is 7.72. The molecule has 0 radical (unpaired) electrons. The molecule has 1 fully saturated rings. The lowest BCUT2D eigenvalue weighted by Gasteiger charge is -2.22. The van der Waals surface area contributed by atoms with Crippen molar-refractivity contribution in [2.45, 2.75) is 32.4 Å². The van der Waals surface area contributed by atoms with Crippen LogP contribution >= 0.6 is 0 Å². The van der Waals surface area contributed by atoms with Gasteiger partial charge in [-0.2, -0.15) is 4.98 Å². The van der Waals surface area contributed by atoms with E-state index >= 15 is 0 Å². The highest BCUT2D eigenvalue weighted by atomic mass is 16.5. The summed E-state index contributed by atoms with van der Waals surface area (Å²) in [6.45, 7) is 4.16. The summed E-state index contributed by atoms with van der Waals surface area (Å²) < 4.78 is 10.6. The molecular weight excluding hydrogens is 314 g/mol. The second-order valence-electron chi connectivity index (χ2n) is 5.46. The molecule has 24 heavy (non-hydrogen) atoms. The van der Waals surface area contributed by atoms with Gasteiger partial charge in [0.1, 0.15) is 11.7 Å². The number of aromatic nitrogens is 3. The fourth-order valence-electron chi connectivity index (χ4n) is 2.65. The number of aliphatic hydroxyl groups is 1. The lowest BCUT2D eigenvalue weighted by molar-refractivity contribution is 0.174. The maximum Gasteiger partial charge on any atom is 0.322 e. The van der Waals surface area contributed by atoms with Gasteiger partial charge in [-0.05, 0) is 26.0 Å². The predicted octanol–water partition coefficient (Wildman–Crippen LogP) is 1.51. The highest BCUT2D eigenvalue weighted by Gasteiger charge is 2.39. The molecule has 0 bridgehead atoms. The molecule has 2 N–H and O–H groups in total. The van der Waals surface area contributed by atoms with Gasteiger partial charge in [-0.25, -0.2) is 9.78 Å². The molecule has 2 aromatic heterocycles. The maximum absolute atomic E-state index is 12.6. The molecule has 2 amide bonds. The number of nitrogens with zero attached hydrogens (tertiary/aromatic N) is 4. The normalized spacial score (nSPS) is 20.2. The van der Waals surface area contributed by atoms with Crippen LogP contribution < -0.4 is 10.1 Å². The van der Waals surface area contributed by atoms with E-state index in [9.17, 15) is 9.90 Å². The average molecular weight is 333 g/mol. The number of carbonyl (C=O) groups excluding carboxylic acids is 1. The molecule has 0 aromatic carbocycles. The van der Waals surface area contributed by atoms with E-state index in [2.05, 4.69) is 20.4 Å². The summed E-state index contributed by atoms with van der Waals surface area (Å²) in [7, 11) is 0. The number of aryl methyl sites for hydroxylation is 1. The number of rotatable bonds is 4. The molecule has 0 saturated carbocycles. The van der Waals surface area contributed by atoms with Crippen molar-refractivity contribution in [2.75, 3.05) is 18.5 Å². The van der Waals surface area contributed by atoms with E-state index < -0.39 is 12.1 Å². The fourth-order valence-corrected chi connectivity index (χ4v) is 2.65. The van der Waals surface area contributed by atoms with E-state index in [1.54, 1.807) is 25.3 Å². The van der Waals surface area contributed by atoms with Gasteiger partial charge in [0.05, 0.1) is 12.7 Å². The fraction of sp³-hybridized carbons (Fsp3) is 0.467. The Balaban J connectivity index is 1.78. The Kier molecular flexibility index (Phi) is 4.61. The quantitative estimate of drug-likeness (QED) is 0.871. The Hall–Kier alpha value is -2.68. The van der Waals surface area contributed by atoms with Gasteiger partial charge in [0.25, 0.3) is 0 Å². The number of hydrogen-bond donors (Lipinski definition) is 2. The number of carbonyl (C=O) groups is 1. The Labute approximate surface area is 138 Å². The van der Waals surface area contributed by atoms with Crippen molar-refractivity contribution in [2.24, 2.45) is 0 Å². The number of urea groups is 1. The predicted molar refractivity (Wildman–Crippen MR) is 83.5 cm³/mol. The van der Waals surface area contributed by atoms with Crippen LogP contribution in [0.1, 0.15) is 31.1 Å². The topological polar surface area (TPSA) is 114 Å². The maximum atomic E-state index is 12.6. The van der Waals surface area contributed by atoms with Gasteiger partial charge >= 0.3 is 6.03 Å². The first kappa shape index (κ1) is 16.2. The summed E-state index contributed by atoms with van der Waals surface area (Å²) in [6, 6.07) is 2.55. The lowest BCUT2D eigenvalue weighted by atomic mass is 10.2. The third-order valence-electron chi connectivity index (χ3n) is 3.66. The van der Waals surface area contributed by atoms with E-state index in [0.717, 1.165) is 0 Å². The number of amides is 2. The van der Waals surface area contributed by atoms with Crippen LogP contribution in [0.5, 0.6) is 5.88 Å². The van der Waals surface area contributed by atoms with Crippen LogP contribution in [0.2, 0.25) is 0 Å². The lowest BCUT2D eigenvalue weighted by Crippen LogP contribution is -2.35. The van der Waals surface area contributed by atoms with Gasteiger partial charge in [-0.1, -0.05) is 5.16 Å². The van der Waals surface area contributed by atoms with E-state index in [1.807, 2.05) is 6.92 Å². The first-order chi connectivity index (χ1) is 11.6. The number of β-amino-alcohol motifs (C(OH)–C–C–N with tert-alkyl or cyclic N) is 1. The smallest absolute Gasteiger partial charge is 0.322 e. The molecule has 0 spiro atoms. The number of anilines is 1. The molecule has 1 aliphatic rings. The minimum Gasteiger partial charge on any atom is -0.476 e. The second kappa shape index (κ2) is 6.83. The molecule has 128 valence electrons. The summed E-state index contributed by atoms with van der Waals surface area (Å²) >= 11 is 0. The zero-order valence-corrected chi connectivity index (χ0v) is 13.5. The van der Waals surface area contributed by atoms with Crippen LogP contribution in [0.15, 0.2) is 22.9 Å². The SMILES string of the molecule is CCOc1ncccc1NC(=O)N1C[C@H](O)C[C@@H]1c1nc(C)no1. The van der Waals surface area contributed by atoms with Gasteiger partial charge < -0.3 is 24.6 Å². The van der Waals surface area contributed by atoms with Gasteiger partial charge in [-0.3, -0.25) is 0 Å². The van der Waals surface area contributed by atoms with Crippen molar-refractivity contribution in [3.8, 4) is 5.88 Å². The molecule has 2 aromatic rings. The van der Waals surface area contributed by atoms with Gasteiger partial charge in [-0.15, -0.1) is 0 Å². The third kappa shape index (κ3) is 3.30. The van der Waals surface area contributed by atoms with Crippen LogP contribution in [0.4, 0.5) is 10.5 Å². The Morgan fingerprint density at radius 2 is 2.42 bits per heavy atom. The molecule has 1 aliphatic heterocycles. The van der Waals surface area contributed by atoms with Crippen LogP contribution in [-0.4, -0.2) is 50.4 Å². The minimum absolute atomic E-state index is 0.183. The highest BCUT2D eigenvalue weighted by molar-refractivity contribution is 5.91. The van der Waals surface area contributed by atoms with E-state index in [4.69, 9.17) is 9.26 Å². The molecule has 9 heteroatoms. The second-order valence-corrected chi connectivity index (χ2v) is 5.46. The molecule has 0 aliphatic carbocycles. The number of likely N-dealkylation sites (tertiary alicyclic amines) is 1. The van der Waals surface area contributed by atoms with Crippen molar-refractivity contribution < 1.29 is 19.2 Å². The number of pyridine rings is 1. The monoisotopic (exact) mass is 333 g/mol. The summed E-state index contributed by atoms with van der Waals surface area (Å²) in [4.78, 5) is 22.4. The van der Waals surface area contributed by atoms with Crippen molar-refractivity contribution in [3.63, 3.8) is 0 Å². The van der Waals surface area contributed by atoms with Crippen LogP contribution in [0.3, 0.4) is 0 Å². The summed E-state index contributed by atoms with van der Waals surface area (Å²) in [5.74, 6) is 1.14. The van der Waals surface area contributed by atoms with E-state index in [-0.39, 0.29) is 12.6 Å².